The highest BCUT2D eigenvalue weighted by atomic mass is 35.5. The largest absolute Gasteiger partial charge is 0.479 e. The van der Waals surface area contributed by atoms with Crippen LogP contribution in [0.3, 0.4) is 0 Å². The van der Waals surface area contributed by atoms with Crippen molar-refractivity contribution in [3.63, 3.8) is 0 Å². The van der Waals surface area contributed by atoms with Crippen LogP contribution in [-0.2, 0) is 0 Å². The zero-order valence-corrected chi connectivity index (χ0v) is 14.1. The lowest BCUT2D eigenvalue weighted by Crippen LogP contribution is -2.00. The summed E-state index contributed by atoms with van der Waals surface area (Å²) >= 11 is 12.0. The number of carbonyl (C=O) groups is 1. The lowest BCUT2D eigenvalue weighted by molar-refractivity contribution is 0.101. The molecule has 0 fully saturated rings. The van der Waals surface area contributed by atoms with Gasteiger partial charge in [0.1, 0.15) is 17.6 Å². The zero-order chi connectivity index (χ0) is 17.3. The lowest BCUT2D eigenvalue weighted by atomic mass is 10.0. The van der Waals surface area contributed by atoms with Gasteiger partial charge in [-0.1, -0.05) is 29.3 Å². The molecule has 6 heteroatoms. The van der Waals surface area contributed by atoms with Crippen LogP contribution in [0.4, 0.5) is 0 Å². The molecule has 24 heavy (non-hydrogen) atoms. The van der Waals surface area contributed by atoms with Gasteiger partial charge in [-0.25, -0.2) is 0 Å². The predicted octanol–water partition coefficient (Wildman–Crippen LogP) is 4.82. The van der Waals surface area contributed by atoms with Gasteiger partial charge in [0.15, 0.2) is 12.4 Å². The van der Waals surface area contributed by atoms with Crippen LogP contribution in [0, 0.1) is 18.3 Å². The first-order valence-corrected chi connectivity index (χ1v) is 7.79. The first kappa shape index (κ1) is 16.4. The number of ketones is 1. The average molecular weight is 360 g/mol. The third-order valence-corrected chi connectivity index (χ3v) is 4.06. The molecule has 0 unspecified atom stereocenters. The Morgan fingerprint density at radius 1 is 1.29 bits per heavy atom. The van der Waals surface area contributed by atoms with Crippen molar-refractivity contribution in [3.05, 3.63) is 62.8 Å². The molecule has 4 nitrogen and oxygen atoms in total. The quantitative estimate of drug-likeness (QED) is 0.737. The molecule has 0 saturated carbocycles. The molecule has 0 amide bonds. The summed E-state index contributed by atoms with van der Waals surface area (Å²) in [4.78, 5) is 12.6. The number of carbonyl (C=O) groups excluding carboxylic acids is 1. The molecule has 0 spiro atoms. The van der Waals surface area contributed by atoms with Gasteiger partial charge in [0.2, 0.25) is 5.78 Å². The first-order chi connectivity index (χ1) is 11.5. The van der Waals surface area contributed by atoms with E-state index in [1.807, 2.05) is 6.07 Å². The second-order valence-corrected chi connectivity index (χ2v) is 6.01. The van der Waals surface area contributed by atoms with Gasteiger partial charge in [0, 0.05) is 16.1 Å². The van der Waals surface area contributed by atoms with Gasteiger partial charge in [-0.3, -0.25) is 4.79 Å². The molecule has 1 aliphatic rings. The molecule has 1 aliphatic heterocycles. The van der Waals surface area contributed by atoms with Crippen LogP contribution in [0.1, 0.15) is 21.5 Å². The highest BCUT2D eigenvalue weighted by molar-refractivity contribution is 6.35. The smallest absolute Gasteiger partial charge is 0.232 e. The Balaban J connectivity index is 1.97. The van der Waals surface area contributed by atoms with Gasteiger partial charge in [-0.2, -0.15) is 5.26 Å². The van der Waals surface area contributed by atoms with E-state index >= 15 is 0 Å². The maximum absolute atomic E-state index is 12.6. The standard InChI is InChI=1S/C18H11Cl2NO3/c1-10-6-13(23-5-4-21)9-15-17(10)18(22)16(24-15)7-11-2-3-12(19)8-14(11)20/h2-3,6-9H,5H2,1H3/b16-7-. The summed E-state index contributed by atoms with van der Waals surface area (Å²) in [5.41, 5.74) is 1.84. The van der Waals surface area contributed by atoms with Crippen molar-refractivity contribution in [3.8, 4) is 17.6 Å². The van der Waals surface area contributed by atoms with Crippen LogP contribution in [0.5, 0.6) is 11.5 Å². The molecular weight excluding hydrogens is 349 g/mol. The van der Waals surface area contributed by atoms with Gasteiger partial charge in [0.05, 0.1) is 5.56 Å². The number of hydrogen-bond donors (Lipinski definition) is 0. The maximum Gasteiger partial charge on any atom is 0.232 e. The Hall–Kier alpha value is -2.48. The van der Waals surface area contributed by atoms with Crippen molar-refractivity contribution < 1.29 is 14.3 Å². The summed E-state index contributed by atoms with van der Waals surface area (Å²) in [6, 6.07) is 10.2. The molecule has 0 atom stereocenters. The Bertz CT molecular complexity index is 913. The van der Waals surface area contributed by atoms with E-state index in [1.165, 1.54) is 0 Å². The van der Waals surface area contributed by atoms with E-state index in [0.717, 1.165) is 5.56 Å². The van der Waals surface area contributed by atoms with Gasteiger partial charge in [0.25, 0.3) is 0 Å². The van der Waals surface area contributed by atoms with E-state index < -0.39 is 0 Å². The molecule has 0 bridgehead atoms. The average Bonchev–Trinajstić information content (AvgIpc) is 2.84. The maximum atomic E-state index is 12.6. The third kappa shape index (κ3) is 3.09. The molecule has 0 saturated heterocycles. The molecule has 0 N–H and O–H groups in total. The van der Waals surface area contributed by atoms with Gasteiger partial charge in [-0.05, 0) is 42.3 Å². The number of fused-ring (bicyclic) bond motifs is 1. The number of halogens is 2. The third-order valence-electron chi connectivity index (χ3n) is 3.50. The molecule has 0 aromatic heterocycles. The number of rotatable bonds is 3. The number of nitriles is 1. The number of benzene rings is 2. The number of hydrogen-bond acceptors (Lipinski definition) is 4. The normalized spacial score (nSPS) is 14.2. The van der Waals surface area contributed by atoms with E-state index in [4.69, 9.17) is 37.9 Å². The summed E-state index contributed by atoms with van der Waals surface area (Å²) in [5.74, 6) is 0.839. The van der Waals surface area contributed by atoms with E-state index in [2.05, 4.69) is 0 Å². The predicted molar refractivity (Wildman–Crippen MR) is 91.7 cm³/mol. The van der Waals surface area contributed by atoms with Crippen molar-refractivity contribution in [2.45, 2.75) is 6.92 Å². The molecule has 0 aliphatic carbocycles. The van der Waals surface area contributed by atoms with Crippen LogP contribution in [0.25, 0.3) is 6.08 Å². The Morgan fingerprint density at radius 2 is 2.08 bits per heavy atom. The number of allylic oxidation sites excluding steroid dienone is 1. The van der Waals surface area contributed by atoms with Crippen LogP contribution in [-0.4, -0.2) is 12.4 Å². The minimum atomic E-state index is -0.222. The SMILES string of the molecule is Cc1cc(OCC#N)cc2c1C(=O)/C(=C/c1ccc(Cl)cc1Cl)O2. The molecule has 2 aromatic carbocycles. The summed E-state index contributed by atoms with van der Waals surface area (Å²) in [6.45, 7) is 1.72. The Kier molecular flexibility index (Phi) is 4.48. The second-order valence-electron chi connectivity index (χ2n) is 5.17. The minimum absolute atomic E-state index is 0.0742. The minimum Gasteiger partial charge on any atom is -0.479 e. The summed E-state index contributed by atoms with van der Waals surface area (Å²) in [7, 11) is 0. The molecule has 0 radical (unpaired) electrons. The lowest BCUT2D eigenvalue weighted by Gasteiger charge is -2.06. The summed E-state index contributed by atoms with van der Waals surface area (Å²) in [6.07, 6.45) is 1.58. The summed E-state index contributed by atoms with van der Waals surface area (Å²) in [5, 5.41) is 9.53. The fraction of sp³-hybridized carbons (Fsp3) is 0.111. The first-order valence-electron chi connectivity index (χ1n) is 7.03. The fourth-order valence-electron chi connectivity index (χ4n) is 2.44. The fourth-order valence-corrected chi connectivity index (χ4v) is 2.90. The van der Waals surface area contributed by atoms with Crippen molar-refractivity contribution in [2.75, 3.05) is 6.61 Å². The van der Waals surface area contributed by atoms with Crippen molar-refractivity contribution >= 4 is 35.1 Å². The number of nitrogens with zero attached hydrogens (tertiary/aromatic N) is 1. The molecule has 3 rings (SSSR count). The molecule has 2 aromatic rings. The Morgan fingerprint density at radius 3 is 2.79 bits per heavy atom. The highest BCUT2D eigenvalue weighted by Gasteiger charge is 2.30. The Labute approximate surface area is 148 Å². The topological polar surface area (TPSA) is 59.3 Å². The number of Topliss-reactive ketones (excluding diaryl/α,β-unsaturated/α-hetero) is 1. The molecular formula is C18H11Cl2NO3. The number of ether oxygens (including phenoxy) is 2. The van der Waals surface area contributed by atoms with Crippen molar-refractivity contribution in [1.82, 2.24) is 0 Å². The van der Waals surface area contributed by atoms with Crippen molar-refractivity contribution in [1.29, 1.82) is 5.26 Å². The van der Waals surface area contributed by atoms with E-state index in [-0.39, 0.29) is 18.1 Å². The van der Waals surface area contributed by atoms with E-state index in [1.54, 1.807) is 43.3 Å². The highest BCUT2D eigenvalue weighted by Crippen LogP contribution is 2.38. The van der Waals surface area contributed by atoms with Gasteiger partial charge >= 0.3 is 0 Å². The van der Waals surface area contributed by atoms with Crippen molar-refractivity contribution in [2.24, 2.45) is 0 Å². The van der Waals surface area contributed by atoms with Gasteiger partial charge < -0.3 is 9.47 Å². The van der Waals surface area contributed by atoms with Crippen LogP contribution in [0.15, 0.2) is 36.1 Å². The second kappa shape index (κ2) is 6.56. The van der Waals surface area contributed by atoms with E-state index in [9.17, 15) is 4.79 Å². The summed E-state index contributed by atoms with van der Waals surface area (Å²) < 4.78 is 10.9. The monoisotopic (exact) mass is 359 g/mol. The van der Waals surface area contributed by atoms with Crippen LogP contribution >= 0.6 is 23.2 Å². The molecule has 120 valence electrons. The van der Waals surface area contributed by atoms with Crippen LogP contribution < -0.4 is 9.47 Å². The zero-order valence-electron chi connectivity index (χ0n) is 12.6. The van der Waals surface area contributed by atoms with Crippen LogP contribution in [0.2, 0.25) is 10.0 Å². The van der Waals surface area contributed by atoms with E-state index in [0.29, 0.717) is 32.7 Å². The molecule has 1 heterocycles. The number of aryl methyl sites for hydroxylation is 1. The van der Waals surface area contributed by atoms with Gasteiger partial charge in [-0.15, -0.1) is 0 Å².